The van der Waals surface area contributed by atoms with Crippen molar-refractivity contribution in [3.05, 3.63) is 46.9 Å². The van der Waals surface area contributed by atoms with E-state index in [1.54, 1.807) is 18.2 Å². The van der Waals surface area contributed by atoms with Crippen LogP contribution >= 0.6 is 11.6 Å². The highest BCUT2D eigenvalue weighted by molar-refractivity contribution is 6.30. The third kappa shape index (κ3) is 3.37. The Morgan fingerprint density at radius 3 is 2.75 bits per heavy atom. The summed E-state index contributed by atoms with van der Waals surface area (Å²) in [4.78, 5) is 3.81. The summed E-state index contributed by atoms with van der Waals surface area (Å²) >= 11 is 5.64. The predicted molar refractivity (Wildman–Crippen MR) is 74.8 cm³/mol. The number of pyridine rings is 1. The second-order valence-corrected chi connectivity index (χ2v) is 4.40. The van der Waals surface area contributed by atoms with Crippen molar-refractivity contribution < 1.29 is 13.9 Å². The van der Waals surface area contributed by atoms with Crippen LogP contribution < -0.4 is 15.2 Å². The van der Waals surface area contributed by atoms with Gasteiger partial charge in [-0.2, -0.15) is 0 Å². The highest BCUT2D eigenvalue weighted by Gasteiger charge is 2.12. The Balaban J connectivity index is 2.32. The maximum Gasteiger partial charge on any atom is 0.256 e. The molecular formula is C14H14ClFN2O2. The zero-order chi connectivity index (χ0) is 14.5. The Hall–Kier alpha value is -1.85. The van der Waals surface area contributed by atoms with E-state index in [9.17, 15) is 4.39 Å². The molecule has 1 heterocycles. The van der Waals surface area contributed by atoms with Gasteiger partial charge in [-0.05, 0) is 30.7 Å². The van der Waals surface area contributed by atoms with Gasteiger partial charge in [-0.25, -0.2) is 9.37 Å². The minimum atomic E-state index is -0.636. The average Bonchev–Trinajstić information content (AvgIpc) is 2.43. The van der Waals surface area contributed by atoms with Crippen molar-refractivity contribution >= 4 is 11.6 Å². The van der Waals surface area contributed by atoms with Gasteiger partial charge in [0.2, 0.25) is 0 Å². The van der Waals surface area contributed by atoms with Crippen molar-refractivity contribution in [3.8, 4) is 17.4 Å². The Morgan fingerprint density at radius 1 is 1.30 bits per heavy atom. The standard InChI is InChI=1S/C14H14ClFN2O2/c1-2-19-13-5-9(7-17)3-4-12(13)20-14-11(16)6-10(15)8-18-14/h3-6,8H,2,7,17H2,1H3. The number of nitrogens with two attached hydrogens (primary N) is 1. The molecule has 0 aliphatic rings. The first-order chi connectivity index (χ1) is 9.63. The molecule has 1 aromatic carbocycles. The number of nitrogens with zero attached hydrogens (tertiary/aromatic N) is 1. The maximum absolute atomic E-state index is 13.7. The number of ether oxygens (including phenoxy) is 2. The smallest absolute Gasteiger partial charge is 0.256 e. The highest BCUT2D eigenvalue weighted by Crippen LogP contribution is 2.33. The van der Waals surface area contributed by atoms with Crippen LogP contribution in [-0.4, -0.2) is 11.6 Å². The quantitative estimate of drug-likeness (QED) is 0.917. The summed E-state index contributed by atoms with van der Waals surface area (Å²) < 4.78 is 24.6. The molecular weight excluding hydrogens is 283 g/mol. The average molecular weight is 297 g/mol. The fourth-order valence-corrected chi connectivity index (χ4v) is 1.76. The summed E-state index contributed by atoms with van der Waals surface area (Å²) in [5.74, 6) is 0.0723. The van der Waals surface area contributed by atoms with Crippen molar-refractivity contribution in [2.45, 2.75) is 13.5 Å². The summed E-state index contributed by atoms with van der Waals surface area (Å²) in [6.07, 6.45) is 1.31. The molecule has 0 aliphatic carbocycles. The van der Waals surface area contributed by atoms with E-state index in [1.807, 2.05) is 6.92 Å². The maximum atomic E-state index is 13.7. The van der Waals surface area contributed by atoms with E-state index < -0.39 is 5.82 Å². The van der Waals surface area contributed by atoms with Crippen LogP contribution in [0, 0.1) is 5.82 Å². The minimum Gasteiger partial charge on any atom is -0.490 e. The van der Waals surface area contributed by atoms with Crippen molar-refractivity contribution in [1.82, 2.24) is 4.98 Å². The predicted octanol–water partition coefficient (Wildman–Crippen LogP) is 3.52. The Labute approximate surface area is 121 Å². The molecule has 0 aliphatic heterocycles. The zero-order valence-corrected chi connectivity index (χ0v) is 11.7. The normalized spacial score (nSPS) is 10.4. The second kappa shape index (κ2) is 6.54. The van der Waals surface area contributed by atoms with Gasteiger partial charge < -0.3 is 15.2 Å². The van der Waals surface area contributed by atoms with Gasteiger partial charge in [-0.3, -0.25) is 0 Å². The molecule has 0 saturated carbocycles. The van der Waals surface area contributed by atoms with Gasteiger partial charge in [0.15, 0.2) is 17.3 Å². The van der Waals surface area contributed by atoms with Gasteiger partial charge in [0, 0.05) is 12.7 Å². The fraction of sp³-hybridized carbons (Fsp3) is 0.214. The third-order valence-electron chi connectivity index (χ3n) is 2.52. The molecule has 20 heavy (non-hydrogen) atoms. The van der Waals surface area contributed by atoms with Crippen LogP contribution in [0.4, 0.5) is 4.39 Å². The Bertz CT molecular complexity index is 608. The summed E-state index contributed by atoms with van der Waals surface area (Å²) in [6.45, 7) is 2.69. The fourth-order valence-electron chi connectivity index (χ4n) is 1.61. The van der Waals surface area contributed by atoms with Crippen LogP contribution in [0.15, 0.2) is 30.5 Å². The van der Waals surface area contributed by atoms with Gasteiger partial charge >= 0.3 is 0 Å². The van der Waals surface area contributed by atoms with E-state index >= 15 is 0 Å². The monoisotopic (exact) mass is 296 g/mol. The largest absolute Gasteiger partial charge is 0.490 e. The van der Waals surface area contributed by atoms with Crippen LogP contribution in [-0.2, 0) is 6.54 Å². The molecule has 0 atom stereocenters. The first-order valence-corrected chi connectivity index (χ1v) is 6.46. The first-order valence-electron chi connectivity index (χ1n) is 6.08. The lowest BCUT2D eigenvalue weighted by molar-refractivity contribution is 0.315. The number of benzene rings is 1. The Kier molecular flexibility index (Phi) is 4.76. The number of halogens is 2. The number of rotatable bonds is 5. The zero-order valence-electron chi connectivity index (χ0n) is 10.9. The highest BCUT2D eigenvalue weighted by atomic mass is 35.5. The second-order valence-electron chi connectivity index (χ2n) is 3.96. The van der Waals surface area contributed by atoms with Gasteiger partial charge in [0.05, 0.1) is 11.6 Å². The van der Waals surface area contributed by atoms with Gasteiger partial charge in [0.25, 0.3) is 5.88 Å². The van der Waals surface area contributed by atoms with Gasteiger partial charge in [0.1, 0.15) is 0 Å². The van der Waals surface area contributed by atoms with Crippen molar-refractivity contribution in [3.63, 3.8) is 0 Å². The van der Waals surface area contributed by atoms with E-state index in [0.717, 1.165) is 11.6 Å². The van der Waals surface area contributed by atoms with Crippen molar-refractivity contribution in [1.29, 1.82) is 0 Å². The molecule has 0 fully saturated rings. The summed E-state index contributed by atoms with van der Waals surface area (Å²) in [5, 5.41) is 0.207. The van der Waals surface area contributed by atoms with Crippen LogP contribution in [0.3, 0.4) is 0 Å². The van der Waals surface area contributed by atoms with Gasteiger partial charge in [-0.1, -0.05) is 17.7 Å². The molecule has 4 nitrogen and oxygen atoms in total. The van der Waals surface area contributed by atoms with E-state index in [2.05, 4.69) is 4.98 Å². The number of hydrogen-bond acceptors (Lipinski definition) is 4. The molecule has 0 radical (unpaired) electrons. The van der Waals surface area contributed by atoms with Crippen LogP contribution in [0.5, 0.6) is 17.4 Å². The van der Waals surface area contributed by atoms with E-state index in [-0.39, 0.29) is 10.9 Å². The molecule has 6 heteroatoms. The van der Waals surface area contributed by atoms with E-state index in [0.29, 0.717) is 24.7 Å². The molecule has 0 unspecified atom stereocenters. The number of hydrogen-bond donors (Lipinski definition) is 1. The van der Waals surface area contributed by atoms with Crippen LogP contribution in [0.1, 0.15) is 12.5 Å². The SMILES string of the molecule is CCOc1cc(CN)ccc1Oc1ncc(Cl)cc1F. The molecule has 2 rings (SSSR count). The van der Waals surface area contributed by atoms with Gasteiger partial charge in [-0.15, -0.1) is 0 Å². The van der Waals surface area contributed by atoms with Crippen molar-refractivity contribution in [2.24, 2.45) is 5.73 Å². The molecule has 0 bridgehead atoms. The minimum absolute atomic E-state index is 0.157. The summed E-state index contributed by atoms with van der Waals surface area (Å²) in [5.41, 5.74) is 6.47. The summed E-state index contributed by atoms with van der Waals surface area (Å²) in [6, 6.07) is 6.35. The molecule has 2 aromatic rings. The topological polar surface area (TPSA) is 57.4 Å². The van der Waals surface area contributed by atoms with Crippen LogP contribution in [0.25, 0.3) is 0 Å². The lowest BCUT2D eigenvalue weighted by Gasteiger charge is -2.12. The number of aromatic nitrogens is 1. The lowest BCUT2D eigenvalue weighted by Crippen LogP contribution is -2.01. The molecule has 0 amide bonds. The molecule has 1 aromatic heterocycles. The molecule has 0 saturated heterocycles. The lowest BCUT2D eigenvalue weighted by atomic mass is 10.2. The summed E-state index contributed by atoms with van der Waals surface area (Å²) in [7, 11) is 0. The first kappa shape index (κ1) is 14.6. The van der Waals surface area contributed by atoms with Crippen LogP contribution in [0.2, 0.25) is 5.02 Å². The van der Waals surface area contributed by atoms with Crippen molar-refractivity contribution in [2.75, 3.05) is 6.61 Å². The van der Waals surface area contributed by atoms with E-state index in [1.165, 1.54) is 6.20 Å². The third-order valence-corrected chi connectivity index (χ3v) is 2.73. The molecule has 106 valence electrons. The Morgan fingerprint density at radius 2 is 2.10 bits per heavy atom. The molecule has 2 N–H and O–H groups in total. The van der Waals surface area contributed by atoms with E-state index in [4.69, 9.17) is 26.8 Å². The molecule has 0 spiro atoms.